The molecule has 2 aromatic carbocycles. The zero-order chi connectivity index (χ0) is 22.8. The number of nitrogens with zero attached hydrogens (tertiary/aromatic N) is 4. The van der Waals surface area contributed by atoms with Crippen molar-refractivity contribution in [3.8, 4) is 5.69 Å². The maximum absolute atomic E-state index is 12.7. The van der Waals surface area contributed by atoms with Crippen molar-refractivity contribution in [2.24, 2.45) is 0 Å². The van der Waals surface area contributed by atoms with E-state index in [0.29, 0.717) is 13.0 Å². The minimum absolute atomic E-state index is 0.0684. The quantitative estimate of drug-likeness (QED) is 0.345. The van der Waals surface area contributed by atoms with E-state index in [1.807, 2.05) is 36.5 Å². The highest BCUT2D eigenvalue weighted by Gasteiger charge is 2.44. The second kappa shape index (κ2) is 8.42. The molecule has 3 aromatic rings. The van der Waals surface area contributed by atoms with E-state index in [-0.39, 0.29) is 11.1 Å². The fourth-order valence-electron chi connectivity index (χ4n) is 3.62. The summed E-state index contributed by atoms with van der Waals surface area (Å²) in [4.78, 5) is 49.2. The number of hydrogen-bond donors (Lipinski definition) is 1. The molecule has 1 aromatic heterocycles. The summed E-state index contributed by atoms with van der Waals surface area (Å²) in [6.45, 7) is 1.72. The van der Waals surface area contributed by atoms with Crippen LogP contribution in [0.1, 0.15) is 33.2 Å². The fraction of sp³-hybridized carbons (Fsp3) is 0.182. The van der Waals surface area contributed by atoms with Gasteiger partial charge < -0.3 is 5.32 Å². The smallest absolute Gasteiger partial charge is 0.282 e. The third-order valence-electron chi connectivity index (χ3n) is 5.31. The van der Waals surface area contributed by atoms with Gasteiger partial charge in [-0.3, -0.25) is 29.4 Å². The normalized spacial score (nSPS) is 13.7. The number of carbonyl (C=O) groups excluding carboxylic acids is 3. The molecule has 3 amide bonds. The van der Waals surface area contributed by atoms with Crippen molar-refractivity contribution in [3.05, 3.63) is 87.7 Å². The van der Waals surface area contributed by atoms with Gasteiger partial charge in [-0.15, -0.1) is 0 Å². The number of imide groups is 1. The Kier molecular flexibility index (Phi) is 5.50. The fourth-order valence-corrected chi connectivity index (χ4v) is 3.62. The average Bonchev–Trinajstić information content (AvgIpc) is 3.41. The van der Waals surface area contributed by atoms with E-state index in [1.165, 1.54) is 19.1 Å². The molecular formula is C22H19N5O5. The Bertz CT molecular complexity index is 1200. The molecule has 1 atom stereocenters. The van der Waals surface area contributed by atoms with Gasteiger partial charge in [0.1, 0.15) is 11.6 Å². The highest BCUT2D eigenvalue weighted by molar-refractivity contribution is 6.24. The second-order valence-electron chi connectivity index (χ2n) is 7.27. The number of nitro groups is 1. The summed E-state index contributed by atoms with van der Waals surface area (Å²) in [5.41, 5.74) is 1.11. The predicted octanol–water partition coefficient (Wildman–Crippen LogP) is 2.12. The molecule has 32 heavy (non-hydrogen) atoms. The van der Waals surface area contributed by atoms with Gasteiger partial charge in [-0.05, 0) is 43.2 Å². The highest BCUT2D eigenvalue weighted by Crippen LogP contribution is 2.31. The van der Waals surface area contributed by atoms with E-state index in [4.69, 9.17) is 0 Å². The molecule has 0 spiro atoms. The van der Waals surface area contributed by atoms with Crippen LogP contribution in [-0.4, -0.2) is 49.9 Å². The lowest BCUT2D eigenvalue weighted by molar-refractivity contribution is -0.385. The van der Waals surface area contributed by atoms with Crippen LogP contribution in [0.4, 0.5) is 5.69 Å². The van der Waals surface area contributed by atoms with Crippen LogP contribution in [0.15, 0.2) is 60.9 Å². The van der Waals surface area contributed by atoms with Crippen molar-refractivity contribution < 1.29 is 19.3 Å². The summed E-state index contributed by atoms with van der Waals surface area (Å²) in [5, 5.41) is 18.1. The maximum Gasteiger partial charge on any atom is 0.282 e. The van der Waals surface area contributed by atoms with Crippen LogP contribution in [0.2, 0.25) is 0 Å². The van der Waals surface area contributed by atoms with Crippen molar-refractivity contribution in [1.29, 1.82) is 0 Å². The number of fused-ring (bicyclic) bond motifs is 1. The van der Waals surface area contributed by atoms with Crippen LogP contribution in [-0.2, 0) is 11.2 Å². The molecule has 1 aliphatic rings. The van der Waals surface area contributed by atoms with E-state index < -0.39 is 34.4 Å². The lowest BCUT2D eigenvalue weighted by atomic mass is 10.1. The van der Waals surface area contributed by atoms with Crippen LogP contribution in [0.3, 0.4) is 0 Å². The molecule has 10 nitrogen and oxygen atoms in total. The standard InChI is InChI=1S/C22H19N5O5/c1-14(26-21(29)17-4-2-5-18(27(31)32)19(17)22(26)30)20(28)23-12-10-15-6-8-16(9-7-15)25-13-3-11-24-25/h2-9,11,13-14H,10,12H2,1H3,(H,23,28). The summed E-state index contributed by atoms with van der Waals surface area (Å²) in [6, 6.07) is 12.3. The monoisotopic (exact) mass is 433 g/mol. The average molecular weight is 433 g/mol. The lowest BCUT2D eigenvalue weighted by Crippen LogP contribution is -2.48. The van der Waals surface area contributed by atoms with Gasteiger partial charge in [0.2, 0.25) is 5.91 Å². The third kappa shape index (κ3) is 3.73. The summed E-state index contributed by atoms with van der Waals surface area (Å²) in [6.07, 6.45) is 4.08. The molecule has 0 bridgehead atoms. The van der Waals surface area contributed by atoms with Gasteiger partial charge in [0, 0.05) is 25.0 Å². The summed E-state index contributed by atoms with van der Waals surface area (Å²) in [5.74, 6) is -2.07. The van der Waals surface area contributed by atoms with E-state index in [9.17, 15) is 24.5 Å². The first-order chi connectivity index (χ1) is 15.4. The van der Waals surface area contributed by atoms with Gasteiger partial charge in [-0.1, -0.05) is 18.2 Å². The van der Waals surface area contributed by atoms with Gasteiger partial charge in [0.05, 0.1) is 16.2 Å². The van der Waals surface area contributed by atoms with Gasteiger partial charge in [0.25, 0.3) is 17.5 Å². The topological polar surface area (TPSA) is 127 Å². The van der Waals surface area contributed by atoms with Crippen molar-refractivity contribution >= 4 is 23.4 Å². The van der Waals surface area contributed by atoms with E-state index in [1.54, 1.807) is 10.9 Å². The molecule has 1 unspecified atom stereocenters. The molecule has 162 valence electrons. The van der Waals surface area contributed by atoms with Crippen molar-refractivity contribution in [1.82, 2.24) is 20.0 Å². The summed E-state index contributed by atoms with van der Waals surface area (Å²) >= 11 is 0. The van der Waals surface area contributed by atoms with Gasteiger partial charge in [-0.25, -0.2) is 4.68 Å². The van der Waals surface area contributed by atoms with Gasteiger partial charge in [0.15, 0.2) is 0 Å². The number of nitrogens with one attached hydrogen (secondary N) is 1. The largest absolute Gasteiger partial charge is 0.354 e. The lowest BCUT2D eigenvalue weighted by Gasteiger charge is -2.21. The molecule has 0 saturated heterocycles. The number of amides is 3. The SMILES string of the molecule is CC(C(=O)NCCc1ccc(-n2cccn2)cc1)N1C(=O)c2cccc([N+](=O)[O-])c2C1=O. The number of hydrogen-bond acceptors (Lipinski definition) is 6. The van der Waals surface area contributed by atoms with E-state index in [2.05, 4.69) is 10.4 Å². The molecule has 10 heteroatoms. The van der Waals surface area contributed by atoms with Crippen molar-refractivity contribution in [2.45, 2.75) is 19.4 Å². The summed E-state index contributed by atoms with van der Waals surface area (Å²) in [7, 11) is 0. The van der Waals surface area contributed by atoms with Crippen LogP contribution in [0.25, 0.3) is 5.69 Å². The minimum atomic E-state index is -1.11. The molecule has 0 radical (unpaired) electrons. The molecule has 1 aliphatic heterocycles. The zero-order valence-electron chi connectivity index (χ0n) is 17.1. The molecule has 0 saturated carbocycles. The van der Waals surface area contributed by atoms with Gasteiger partial charge >= 0.3 is 0 Å². The number of rotatable bonds is 7. The van der Waals surface area contributed by atoms with E-state index in [0.717, 1.165) is 22.2 Å². The number of aromatic nitrogens is 2. The third-order valence-corrected chi connectivity index (χ3v) is 5.31. The molecular weight excluding hydrogens is 414 g/mol. The first-order valence-electron chi connectivity index (χ1n) is 9.90. The Labute approximate surface area is 182 Å². The molecule has 4 rings (SSSR count). The molecule has 2 heterocycles. The Balaban J connectivity index is 1.38. The second-order valence-corrected chi connectivity index (χ2v) is 7.27. The number of nitro benzene ring substituents is 1. The number of benzene rings is 2. The highest BCUT2D eigenvalue weighted by atomic mass is 16.6. The molecule has 0 fully saturated rings. The van der Waals surface area contributed by atoms with Crippen LogP contribution >= 0.6 is 0 Å². The predicted molar refractivity (Wildman–Crippen MR) is 113 cm³/mol. The van der Waals surface area contributed by atoms with Crippen LogP contribution in [0.5, 0.6) is 0 Å². The minimum Gasteiger partial charge on any atom is -0.354 e. The molecule has 1 N–H and O–H groups in total. The van der Waals surface area contributed by atoms with E-state index >= 15 is 0 Å². The Hall–Kier alpha value is -4.34. The first kappa shape index (κ1) is 20.9. The Morgan fingerprint density at radius 3 is 2.53 bits per heavy atom. The maximum atomic E-state index is 12.7. The van der Waals surface area contributed by atoms with Gasteiger partial charge in [-0.2, -0.15) is 5.10 Å². The Morgan fingerprint density at radius 2 is 1.88 bits per heavy atom. The zero-order valence-corrected chi connectivity index (χ0v) is 17.1. The Morgan fingerprint density at radius 1 is 1.12 bits per heavy atom. The van der Waals surface area contributed by atoms with Crippen LogP contribution in [0, 0.1) is 10.1 Å². The number of carbonyl (C=O) groups is 3. The van der Waals surface area contributed by atoms with Crippen LogP contribution < -0.4 is 5.32 Å². The van der Waals surface area contributed by atoms with Crippen molar-refractivity contribution in [2.75, 3.05) is 6.54 Å². The first-order valence-corrected chi connectivity index (χ1v) is 9.90. The van der Waals surface area contributed by atoms with Crippen molar-refractivity contribution in [3.63, 3.8) is 0 Å². The summed E-state index contributed by atoms with van der Waals surface area (Å²) < 4.78 is 1.74. The molecule has 0 aliphatic carbocycles.